The van der Waals surface area contributed by atoms with Crippen LogP contribution in [0, 0.1) is 13.8 Å². The molecule has 2 rings (SSSR count). The highest BCUT2D eigenvalue weighted by atomic mass is 16.5. The van der Waals surface area contributed by atoms with Crippen molar-refractivity contribution in [3.8, 4) is 0 Å². The van der Waals surface area contributed by atoms with E-state index in [9.17, 15) is 4.79 Å². The Kier molecular flexibility index (Phi) is 3.79. The fourth-order valence-corrected chi connectivity index (χ4v) is 2.09. The largest absolute Gasteiger partial charge is 0.376 e. The highest BCUT2D eigenvalue weighted by molar-refractivity contribution is 5.95. The summed E-state index contributed by atoms with van der Waals surface area (Å²) in [5, 5.41) is 2.94. The van der Waals surface area contributed by atoms with Gasteiger partial charge in [0.15, 0.2) is 0 Å². The Bertz CT molecular complexity index is 409. The third-order valence-electron chi connectivity index (χ3n) is 3.15. The zero-order valence-electron chi connectivity index (χ0n) is 10.5. The molecule has 1 atom stereocenters. The summed E-state index contributed by atoms with van der Waals surface area (Å²) in [5.41, 5.74) is 2.89. The van der Waals surface area contributed by atoms with Gasteiger partial charge in [-0.15, -0.1) is 0 Å². The van der Waals surface area contributed by atoms with Crippen LogP contribution in [0.25, 0.3) is 0 Å². The molecule has 0 aliphatic carbocycles. The molecule has 0 bridgehead atoms. The van der Waals surface area contributed by atoms with Crippen LogP contribution in [-0.2, 0) is 4.74 Å². The maximum absolute atomic E-state index is 12.0. The summed E-state index contributed by atoms with van der Waals surface area (Å²) < 4.78 is 5.48. The van der Waals surface area contributed by atoms with E-state index in [0.29, 0.717) is 6.54 Å². The third-order valence-corrected chi connectivity index (χ3v) is 3.15. The van der Waals surface area contributed by atoms with Crippen molar-refractivity contribution in [3.05, 3.63) is 34.9 Å². The lowest BCUT2D eigenvalue weighted by atomic mass is 10.1. The molecule has 1 aliphatic heterocycles. The van der Waals surface area contributed by atoms with Crippen molar-refractivity contribution < 1.29 is 9.53 Å². The van der Waals surface area contributed by atoms with Crippen LogP contribution in [-0.4, -0.2) is 25.2 Å². The molecule has 1 aromatic carbocycles. The van der Waals surface area contributed by atoms with E-state index in [1.54, 1.807) is 0 Å². The first kappa shape index (κ1) is 12.1. The Balaban J connectivity index is 1.96. The second-order valence-corrected chi connectivity index (χ2v) is 4.66. The molecule has 1 amide bonds. The standard InChI is InChI=1S/C14H19NO2/c1-10-5-6-11(2)13(8-10)14(16)15-9-12-4-3-7-17-12/h5-6,8,12H,3-4,7,9H2,1-2H3,(H,15,16)/t12-/m0/s1. The summed E-state index contributed by atoms with van der Waals surface area (Å²) in [6, 6.07) is 5.93. The lowest BCUT2D eigenvalue weighted by Crippen LogP contribution is -2.32. The van der Waals surface area contributed by atoms with E-state index in [1.807, 2.05) is 32.0 Å². The van der Waals surface area contributed by atoms with Crippen LogP contribution in [0.2, 0.25) is 0 Å². The molecule has 1 heterocycles. The van der Waals surface area contributed by atoms with E-state index in [2.05, 4.69) is 5.32 Å². The normalized spacial score (nSPS) is 19.3. The molecule has 3 heteroatoms. The van der Waals surface area contributed by atoms with E-state index >= 15 is 0 Å². The van der Waals surface area contributed by atoms with Gasteiger partial charge in [-0.3, -0.25) is 4.79 Å². The fourth-order valence-electron chi connectivity index (χ4n) is 2.09. The van der Waals surface area contributed by atoms with Gasteiger partial charge in [0.25, 0.3) is 5.91 Å². The zero-order chi connectivity index (χ0) is 12.3. The molecule has 1 saturated heterocycles. The number of hydrogen-bond acceptors (Lipinski definition) is 2. The monoisotopic (exact) mass is 233 g/mol. The molecule has 0 spiro atoms. The number of carbonyl (C=O) groups is 1. The summed E-state index contributed by atoms with van der Waals surface area (Å²) in [7, 11) is 0. The number of carbonyl (C=O) groups excluding carboxylic acids is 1. The highest BCUT2D eigenvalue weighted by Crippen LogP contribution is 2.13. The first-order valence-corrected chi connectivity index (χ1v) is 6.14. The molecular formula is C14H19NO2. The van der Waals surface area contributed by atoms with Crippen molar-refractivity contribution >= 4 is 5.91 Å². The zero-order valence-corrected chi connectivity index (χ0v) is 10.5. The number of ether oxygens (including phenoxy) is 1. The van der Waals surface area contributed by atoms with Crippen molar-refractivity contribution in [2.75, 3.05) is 13.2 Å². The van der Waals surface area contributed by atoms with Crippen LogP contribution in [0.1, 0.15) is 34.3 Å². The van der Waals surface area contributed by atoms with E-state index in [0.717, 1.165) is 36.1 Å². The molecule has 1 N–H and O–H groups in total. The number of aryl methyl sites for hydroxylation is 2. The van der Waals surface area contributed by atoms with Gasteiger partial charge in [-0.2, -0.15) is 0 Å². The minimum atomic E-state index is 0.00157. The van der Waals surface area contributed by atoms with Gasteiger partial charge in [-0.1, -0.05) is 17.7 Å². The second-order valence-electron chi connectivity index (χ2n) is 4.66. The van der Waals surface area contributed by atoms with E-state index < -0.39 is 0 Å². The van der Waals surface area contributed by atoms with Gasteiger partial charge < -0.3 is 10.1 Å². The number of amides is 1. The Morgan fingerprint density at radius 1 is 1.47 bits per heavy atom. The van der Waals surface area contributed by atoms with Gasteiger partial charge in [-0.05, 0) is 38.3 Å². The summed E-state index contributed by atoms with van der Waals surface area (Å²) in [6.45, 7) is 5.40. The molecule has 1 fully saturated rings. The molecule has 3 nitrogen and oxygen atoms in total. The second kappa shape index (κ2) is 5.32. The van der Waals surface area contributed by atoms with Crippen LogP contribution in [0.3, 0.4) is 0 Å². The quantitative estimate of drug-likeness (QED) is 0.869. The summed E-state index contributed by atoms with van der Waals surface area (Å²) in [6.07, 6.45) is 2.35. The van der Waals surface area contributed by atoms with Crippen molar-refractivity contribution in [2.24, 2.45) is 0 Å². The lowest BCUT2D eigenvalue weighted by molar-refractivity contribution is 0.0857. The Hall–Kier alpha value is -1.35. The molecule has 0 unspecified atom stereocenters. The van der Waals surface area contributed by atoms with Crippen LogP contribution in [0.15, 0.2) is 18.2 Å². The fraction of sp³-hybridized carbons (Fsp3) is 0.500. The average Bonchev–Trinajstić information content (AvgIpc) is 2.82. The number of hydrogen-bond donors (Lipinski definition) is 1. The number of nitrogens with one attached hydrogen (secondary N) is 1. The van der Waals surface area contributed by atoms with E-state index in [1.165, 1.54) is 0 Å². The molecule has 1 aliphatic rings. The Morgan fingerprint density at radius 2 is 2.29 bits per heavy atom. The molecule has 0 saturated carbocycles. The third kappa shape index (κ3) is 3.07. The average molecular weight is 233 g/mol. The predicted octanol–water partition coefficient (Wildman–Crippen LogP) is 2.21. The van der Waals surface area contributed by atoms with Gasteiger partial charge in [0, 0.05) is 18.7 Å². The lowest BCUT2D eigenvalue weighted by Gasteiger charge is -2.12. The molecule has 0 radical (unpaired) electrons. The van der Waals surface area contributed by atoms with Gasteiger partial charge in [0.2, 0.25) is 0 Å². The van der Waals surface area contributed by atoms with Crippen molar-refractivity contribution in [2.45, 2.75) is 32.8 Å². The molecule has 1 aromatic rings. The predicted molar refractivity (Wildman–Crippen MR) is 67.2 cm³/mol. The Morgan fingerprint density at radius 3 is 3.00 bits per heavy atom. The summed E-state index contributed by atoms with van der Waals surface area (Å²) >= 11 is 0. The summed E-state index contributed by atoms with van der Waals surface area (Å²) in [4.78, 5) is 12.0. The van der Waals surface area contributed by atoms with Crippen LogP contribution in [0.4, 0.5) is 0 Å². The molecule has 0 aromatic heterocycles. The van der Waals surface area contributed by atoms with Crippen LogP contribution >= 0.6 is 0 Å². The molecule has 17 heavy (non-hydrogen) atoms. The van der Waals surface area contributed by atoms with Gasteiger partial charge in [-0.25, -0.2) is 0 Å². The van der Waals surface area contributed by atoms with Crippen molar-refractivity contribution in [3.63, 3.8) is 0 Å². The van der Waals surface area contributed by atoms with Crippen LogP contribution in [0.5, 0.6) is 0 Å². The summed E-state index contributed by atoms with van der Waals surface area (Å²) in [5.74, 6) is 0.00157. The smallest absolute Gasteiger partial charge is 0.251 e. The SMILES string of the molecule is Cc1ccc(C)c(C(=O)NC[C@@H]2CCCO2)c1. The first-order valence-electron chi connectivity index (χ1n) is 6.14. The van der Waals surface area contributed by atoms with Crippen molar-refractivity contribution in [1.82, 2.24) is 5.32 Å². The minimum Gasteiger partial charge on any atom is -0.376 e. The maximum atomic E-state index is 12.0. The molecule has 92 valence electrons. The van der Waals surface area contributed by atoms with Gasteiger partial charge in [0.1, 0.15) is 0 Å². The highest BCUT2D eigenvalue weighted by Gasteiger charge is 2.17. The van der Waals surface area contributed by atoms with E-state index in [-0.39, 0.29) is 12.0 Å². The van der Waals surface area contributed by atoms with Gasteiger partial charge in [0.05, 0.1) is 6.10 Å². The number of benzene rings is 1. The topological polar surface area (TPSA) is 38.3 Å². The minimum absolute atomic E-state index is 0.00157. The Labute approximate surface area is 102 Å². The molecular weight excluding hydrogens is 214 g/mol. The maximum Gasteiger partial charge on any atom is 0.251 e. The van der Waals surface area contributed by atoms with Crippen LogP contribution < -0.4 is 5.32 Å². The van der Waals surface area contributed by atoms with Gasteiger partial charge >= 0.3 is 0 Å². The van der Waals surface area contributed by atoms with Crippen molar-refractivity contribution in [1.29, 1.82) is 0 Å². The number of rotatable bonds is 3. The van der Waals surface area contributed by atoms with E-state index in [4.69, 9.17) is 4.74 Å². The first-order chi connectivity index (χ1) is 8.16.